The first-order valence-electron chi connectivity index (χ1n) is 10.3. The number of fused-ring (bicyclic) bond motifs is 1. The highest BCUT2D eigenvalue weighted by molar-refractivity contribution is 6.22. The maximum absolute atomic E-state index is 13.6. The van der Waals surface area contributed by atoms with E-state index in [0.29, 0.717) is 11.5 Å². The van der Waals surface area contributed by atoms with Crippen LogP contribution in [0.5, 0.6) is 0 Å². The number of likely N-dealkylation sites (tertiary alicyclic amines) is 1. The van der Waals surface area contributed by atoms with Crippen molar-refractivity contribution in [2.75, 3.05) is 13.2 Å². The predicted octanol–water partition coefficient (Wildman–Crippen LogP) is 1.79. The summed E-state index contributed by atoms with van der Waals surface area (Å²) in [5, 5.41) is 2.52. The second-order valence-electron chi connectivity index (χ2n) is 8.41. The first-order valence-corrected chi connectivity index (χ1v) is 10.7. The fourth-order valence-electron chi connectivity index (χ4n) is 4.72. The van der Waals surface area contributed by atoms with E-state index in [1.54, 1.807) is 18.3 Å². The number of alkyl halides is 1. The van der Waals surface area contributed by atoms with E-state index >= 15 is 0 Å². The van der Waals surface area contributed by atoms with Gasteiger partial charge in [0.1, 0.15) is 24.8 Å². The minimum atomic E-state index is -0.689. The Bertz CT molecular complexity index is 781. The maximum Gasteiger partial charge on any atom is 0.253 e. The Labute approximate surface area is 175 Å². The lowest BCUT2D eigenvalue weighted by Crippen LogP contribution is -2.55. The predicted molar refractivity (Wildman–Crippen MR) is 107 cm³/mol. The second kappa shape index (κ2) is 8.40. The van der Waals surface area contributed by atoms with Gasteiger partial charge in [0.15, 0.2) is 5.78 Å². The molecule has 1 aromatic heterocycles. The molecule has 2 aliphatic heterocycles. The molecule has 7 nitrogen and oxygen atoms in total. The molecule has 0 aromatic carbocycles. The van der Waals surface area contributed by atoms with E-state index in [9.17, 15) is 14.4 Å². The molecule has 4 rings (SSSR count). The molecule has 3 heterocycles. The van der Waals surface area contributed by atoms with Crippen molar-refractivity contribution in [1.29, 1.82) is 0 Å². The third-order valence-corrected chi connectivity index (χ3v) is 6.80. The van der Waals surface area contributed by atoms with E-state index in [-0.39, 0.29) is 36.7 Å². The van der Waals surface area contributed by atoms with Crippen LogP contribution in [0.2, 0.25) is 0 Å². The van der Waals surface area contributed by atoms with Crippen LogP contribution in [0.1, 0.15) is 43.0 Å². The van der Waals surface area contributed by atoms with E-state index < -0.39 is 23.6 Å². The zero-order chi connectivity index (χ0) is 20.5. The van der Waals surface area contributed by atoms with Crippen LogP contribution < -0.4 is 5.32 Å². The third kappa shape index (κ3) is 4.03. The van der Waals surface area contributed by atoms with Crippen LogP contribution in [0, 0.1) is 11.8 Å². The fraction of sp³-hybridized carbons (Fsp3) is 0.619. The SMILES string of the molecule is C[C@H]1CC[C@H]([C@H](NC(=O)c2cccnc2)C(=O)N2C[C@H](Cl)[C@H]3OCC(=O)[C@H]32)CC1. The summed E-state index contributed by atoms with van der Waals surface area (Å²) in [5.74, 6) is -0.0454. The molecule has 29 heavy (non-hydrogen) atoms. The summed E-state index contributed by atoms with van der Waals surface area (Å²) in [4.78, 5) is 44.2. The Morgan fingerprint density at radius 2 is 2.07 bits per heavy atom. The van der Waals surface area contributed by atoms with Crippen molar-refractivity contribution < 1.29 is 19.1 Å². The van der Waals surface area contributed by atoms with Crippen LogP contribution >= 0.6 is 11.6 Å². The van der Waals surface area contributed by atoms with Crippen molar-refractivity contribution in [3.8, 4) is 0 Å². The van der Waals surface area contributed by atoms with Crippen LogP contribution in [-0.4, -0.2) is 64.2 Å². The Morgan fingerprint density at radius 1 is 1.31 bits per heavy atom. The number of nitrogens with zero attached hydrogens (tertiary/aromatic N) is 2. The highest BCUT2D eigenvalue weighted by Crippen LogP contribution is 2.35. The molecule has 4 atom stereocenters. The van der Waals surface area contributed by atoms with Crippen LogP contribution in [0.25, 0.3) is 0 Å². The van der Waals surface area contributed by atoms with Gasteiger partial charge in [0.05, 0.1) is 10.9 Å². The minimum Gasteiger partial charge on any atom is -0.366 e. The zero-order valence-electron chi connectivity index (χ0n) is 16.4. The van der Waals surface area contributed by atoms with Gasteiger partial charge in [-0.2, -0.15) is 0 Å². The van der Waals surface area contributed by atoms with Gasteiger partial charge in [0.25, 0.3) is 5.91 Å². The number of rotatable bonds is 4. The number of ketones is 1. The lowest BCUT2D eigenvalue weighted by Gasteiger charge is -2.35. The van der Waals surface area contributed by atoms with Gasteiger partial charge in [-0.3, -0.25) is 19.4 Å². The Hall–Kier alpha value is -1.99. The number of hydrogen-bond donors (Lipinski definition) is 1. The monoisotopic (exact) mass is 419 g/mol. The average molecular weight is 420 g/mol. The number of carbonyl (C=O) groups excluding carboxylic acids is 3. The quantitative estimate of drug-likeness (QED) is 0.751. The lowest BCUT2D eigenvalue weighted by molar-refractivity contribution is -0.139. The van der Waals surface area contributed by atoms with Gasteiger partial charge in [-0.05, 0) is 36.8 Å². The van der Waals surface area contributed by atoms with E-state index in [0.717, 1.165) is 25.7 Å². The van der Waals surface area contributed by atoms with Crippen LogP contribution in [0.4, 0.5) is 0 Å². The van der Waals surface area contributed by atoms with Crippen molar-refractivity contribution in [1.82, 2.24) is 15.2 Å². The molecule has 0 radical (unpaired) electrons. The summed E-state index contributed by atoms with van der Waals surface area (Å²) in [6.07, 6.45) is 6.37. The van der Waals surface area contributed by atoms with E-state index in [1.165, 1.54) is 11.1 Å². The number of amides is 2. The molecule has 156 valence electrons. The molecule has 1 saturated carbocycles. The molecular weight excluding hydrogens is 394 g/mol. The molecular formula is C21H26ClN3O4. The molecule has 0 bridgehead atoms. The van der Waals surface area contributed by atoms with Gasteiger partial charge in [0.2, 0.25) is 5.91 Å². The first-order chi connectivity index (χ1) is 14.0. The van der Waals surface area contributed by atoms with Crippen molar-refractivity contribution in [3.63, 3.8) is 0 Å². The lowest BCUT2D eigenvalue weighted by atomic mass is 9.78. The number of carbonyl (C=O) groups is 3. The molecule has 3 aliphatic rings. The Kier molecular flexibility index (Phi) is 5.88. The Morgan fingerprint density at radius 3 is 2.76 bits per heavy atom. The average Bonchev–Trinajstić information content (AvgIpc) is 3.28. The van der Waals surface area contributed by atoms with Gasteiger partial charge in [0, 0.05) is 18.9 Å². The van der Waals surface area contributed by atoms with Gasteiger partial charge in [-0.1, -0.05) is 19.8 Å². The summed E-state index contributed by atoms with van der Waals surface area (Å²) in [5.41, 5.74) is 0.407. The normalized spacial score (nSPS) is 32.7. The third-order valence-electron chi connectivity index (χ3n) is 6.41. The van der Waals surface area contributed by atoms with Crippen LogP contribution in [-0.2, 0) is 14.3 Å². The minimum absolute atomic E-state index is 0.0179. The maximum atomic E-state index is 13.6. The Balaban J connectivity index is 1.57. The number of pyridine rings is 1. The molecule has 2 amide bonds. The summed E-state index contributed by atoms with van der Waals surface area (Å²) < 4.78 is 5.50. The highest BCUT2D eigenvalue weighted by Gasteiger charge is 2.53. The summed E-state index contributed by atoms with van der Waals surface area (Å²) in [7, 11) is 0. The molecule has 0 unspecified atom stereocenters. The van der Waals surface area contributed by atoms with E-state index in [4.69, 9.17) is 16.3 Å². The molecule has 3 fully saturated rings. The zero-order valence-corrected chi connectivity index (χ0v) is 17.2. The molecule has 8 heteroatoms. The molecule has 0 spiro atoms. The summed E-state index contributed by atoms with van der Waals surface area (Å²) >= 11 is 6.36. The largest absolute Gasteiger partial charge is 0.366 e. The molecule has 1 aromatic rings. The van der Waals surface area contributed by atoms with Crippen molar-refractivity contribution in [2.45, 2.75) is 56.2 Å². The number of aromatic nitrogens is 1. The van der Waals surface area contributed by atoms with Gasteiger partial charge in [-0.15, -0.1) is 11.6 Å². The smallest absolute Gasteiger partial charge is 0.253 e. The molecule has 1 N–H and O–H groups in total. The van der Waals surface area contributed by atoms with Crippen LogP contribution in [0.3, 0.4) is 0 Å². The van der Waals surface area contributed by atoms with Gasteiger partial charge < -0.3 is 15.0 Å². The van der Waals surface area contributed by atoms with Crippen molar-refractivity contribution in [2.24, 2.45) is 11.8 Å². The number of Topliss-reactive ketones (excluding diaryl/α,β-unsaturated/α-hetero) is 1. The number of halogens is 1. The fourth-order valence-corrected chi connectivity index (χ4v) is 5.08. The summed E-state index contributed by atoms with van der Waals surface area (Å²) in [6, 6.07) is 2.02. The summed E-state index contributed by atoms with van der Waals surface area (Å²) in [6.45, 7) is 2.44. The van der Waals surface area contributed by atoms with Crippen LogP contribution in [0.15, 0.2) is 24.5 Å². The van der Waals surface area contributed by atoms with E-state index in [1.807, 2.05) is 0 Å². The molecule has 1 aliphatic carbocycles. The van der Waals surface area contributed by atoms with Gasteiger partial charge >= 0.3 is 0 Å². The topological polar surface area (TPSA) is 88.6 Å². The number of ether oxygens (including phenoxy) is 1. The van der Waals surface area contributed by atoms with Crippen molar-refractivity contribution >= 4 is 29.2 Å². The number of hydrogen-bond acceptors (Lipinski definition) is 5. The van der Waals surface area contributed by atoms with E-state index in [2.05, 4.69) is 17.2 Å². The molecule has 2 saturated heterocycles. The van der Waals surface area contributed by atoms with Crippen molar-refractivity contribution in [3.05, 3.63) is 30.1 Å². The number of nitrogens with one attached hydrogen (secondary N) is 1. The second-order valence-corrected chi connectivity index (χ2v) is 8.97. The standard InChI is InChI=1S/C21H26ClN3O4/c1-12-4-6-13(7-5-12)17(24-20(27)14-3-2-8-23-9-14)21(28)25-10-15(22)19-18(25)16(26)11-29-19/h2-3,8-9,12-13,15,17-19H,4-7,10-11H2,1H3,(H,24,27)/t12-,13-,15-,17-,18+,19+/m0/s1. The first kappa shape index (κ1) is 20.3. The highest BCUT2D eigenvalue weighted by atomic mass is 35.5. The van der Waals surface area contributed by atoms with Gasteiger partial charge in [-0.25, -0.2) is 0 Å².